The van der Waals surface area contributed by atoms with Gasteiger partial charge in [-0.15, -0.1) is 0 Å². The number of carbonyl (C=O) groups is 2. The van der Waals surface area contributed by atoms with Crippen molar-refractivity contribution in [1.29, 1.82) is 0 Å². The smallest absolute Gasteiger partial charge is 0.260 e. The Bertz CT molecular complexity index is 843. The molecule has 0 unspecified atom stereocenters. The number of halogens is 1. The molecule has 1 fully saturated rings. The van der Waals surface area contributed by atoms with Crippen molar-refractivity contribution in [2.45, 2.75) is 6.42 Å². The molecule has 2 amide bonds. The summed E-state index contributed by atoms with van der Waals surface area (Å²) in [6.07, 6.45) is 0.736. The maximum Gasteiger partial charge on any atom is 0.260 e. The van der Waals surface area contributed by atoms with Crippen LogP contribution in [0.4, 0.5) is 0 Å². The van der Waals surface area contributed by atoms with Crippen LogP contribution >= 0.6 is 15.9 Å². The van der Waals surface area contributed by atoms with E-state index in [0.29, 0.717) is 43.2 Å². The van der Waals surface area contributed by atoms with E-state index in [-0.39, 0.29) is 18.4 Å². The maximum absolute atomic E-state index is 12.7. The van der Waals surface area contributed by atoms with Crippen molar-refractivity contribution in [2.75, 3.05) is 39.9 Å². The second-order valence-corrected chi connectivity index (χ2v) is 7.39. The third-order valence-electron chi connectivity index (χ3n) is 4.63. The molecule has 0 aliphatic carbocycles. The largest absolute Gasteiger partial charge is 0.493 e. The lowest BCUT2D eigenvalue weighted by Crippen LogP contribution is -2.39. The van der Waals surface area contributed by atoms with Crippen LogP contribution in [0.1, 0.15) is 16.8 Å². The summed E-state index contributed by atoms with van der Waals surface area (Å²) in [5.41, 5.74) is 0.647. The van der Waals surface area contributed by atoms with Gasteiger partial charge in [0.2, 0.25) is 0 Å². The Morgan fingerprint density at radius 3 is 2.43 bits per heavy atom. The molecule has 148 valence electrons. The first-order chi connectivity index (χ1) is 13.6. The SMILES string of the molecule is COc1ccccc1OCC(=O)N1CCCN(C(=O)c2cccc(Br)c2)CC1. The molecule has 1 heterocycles. The predicted octanol–water partition coefficient (Wildman–Crippen LogP) is 3.21. The number of methoxy groups -OCH3 is 1. The Hall–Kier alpha value is -2.54. The molecule has 28 heavy (non-hydrogen) atoms. The minimum Gasteiger partial charge on any atom is -0.493 e. The van der Waals surface area contributed by atoms with Gasteiger partial charge in [0, 0.05) is 36.2 Å². The van der Waals surface area contributed by atoms with Crippen LogP contribution in [0.15, 0.2) is 53.0 Å². The van der Waals surface area contributed by atoms with E-state index in [1.165, 1.54) is 0 Å². The number of ether oxygens (including phenoxy) is 2. The lowest BCUT2D eigenvalue weighted by molar-refractivity contribution is -0.133. The summed E-state index contributed by atoms with van der Waals surface area (Å²) >= 11 is 3.40. The first-order valence-electron chi connectivity index (χ1n) is 9.17. The first kappa shape index (κ1) is 20.2. The summed E-state index contributed by atoms with van der Waals surface area (Å²) in [5, 5.41) is 0. The first-order valence-corrected chi connectivity index (χ1v) is 9.96. The van der Waals surface area contributed by atoms with Crippen LogP contribution in [0.5, 0.6) is 11.5 Å². The van der Waals surface area contributed by atoms with Gasteiger partial charge in [0.1, 0.15) is 0 Å². The van der Waals surface area contributed by atoms with E-state index in [4.69, 9.17) is 9.47 Å². The third kappa shape index (κ3) is 5.04. The van der Waals surface area contributed by atoms with Crippen molar-refractivity contribution in [3.05, 3.63) is 58.6 Å². The lowest BCUT2D eigenvalue weighted by Gasteiger charge is -2.22. The van der Waals surface area contributed by atoms with E-state index < -0.39 is 0 Å². The summed E-state index contributed by atoms with van der Waals surface area (Å²) in [7, 11) is 1.57. The number of hydrogen-bond donors (Lipinski definition) is 0. The molecule has 0 N–H and O–H groups in total. The van der Waals surface area contributed by atoms with Crippen LogP contribution < -0.4 is 9.47 Å². The minimum atomic E-state index is -0.0948. The Labute approximate surface area is 173 Å². The highest BCUT2D eigenvalue weighted by molar-refractivity contribution is 9.10. The summed E-state index contributed by atoms with van der Waals surface area (Å²) in [6, 6.07) is 14.6. The van der Waals surface area contributed by atoms with E-state index in [0.717, 1.165) is 10.9 Å². The minimum absolute atomic E-state index is 0.0131. The van der Waals surface area contributed by atoms with Crippen LogP contribution in [-0.4, -0.2) is 61.5 Å². The molecule has 0 radical (unpaired) electrons. The molecule has 0 saturated carbocycles. The molecule has 0 spiro atoms. The summed E-state index contributed by atoms with van der Waals surface area (Å²) < 4.78 is 11.7. The molecule has 0 atom stereocenters. The molecule has 1 aliphatic rings. The average molecular weight is 447 g/mol. The zero-order chi connectivity index (χ0) is 19.9. The van der Waals surface area contributed by atoms with Gasteiger partial charge in [-0.2, -0.15) is 0 Å². The van der Waals surface area contributed by atoms with Gasteiger partial charge in [-0.1, -0.05) is 34.1 Å². The summed E-state index contributed by atoms with van der Waals surface area (Å²) in [4.78, 5) is 28.8. The fourth-order valence-corrected chi connectivity index (χ4v) is 3.54. The van der Waals surface area contributed by atoms with Gasteiger partial charge in [-0.05, 0) is 36.8 Å². The van der Waals surface area contributed by atoms with Crippen LogP contribution in [0, 0.1) is 0 Å². The third-order valence-corrected chi connectivity index (χ3v) is 5.12. The zero-order valence-corrected chi connectivity index (χ0v) is 17.4. The number of rotatable bonds is 5. The number of hydrogen-bond acceptors (Lipinski definition) is 4. The van der Waals surface area contributed by atoms with Gasteiger partial charge in [0.05, 0.1) is 7.11 Å². The number of carbonyl (C=O) groups excluding carboxylic acids is 2. The molecule has 6 nitrogen and oxygen atoms in total. The monoisotopic (exact) mass is 446 g/mol. The molecular weight excluding hydrogens is 424 g/mol. The maximum atomic E-state index is 12.7. The average Bonchev–Trinajstić information content (AvgIpc) is 2.98. The van der Waals surface area contributed by atoms with Crippen LogP contribution in [-0.2, 0) is 4.79 Å². The molecule has 1 aliphatic heterocycles. The highest BCUT2D eigenvalue weighted by atomic mass is 79.9. The van der Waals surface area contributed by atoms with E-state index >= 15 is 0 Å². The Kier molecular flexibility index (Phi) is 6.92. The number of para-hydroxylation sites is 2. The summed E-state index contributed by atoms with van der Waals surface area (Å²) in [6.45, 7) is 2.18. The van der Waals surface area contributed by atoms with Crippen molar-refractivity contribution in [3.63, 3.8) is 0 Å². The van der Waals surface area contributed by atoms with Crippen molar-refractivity contribution in [3.8, 4) is 11.5 Å². The standard InChI is InChI=1S/C21H23BrN2O4/c1-27-18-8-2-3-9-19(18)28-15-20(25)23-10-5-11-24(13-12-23)21(26)16-6-4-7-17(22)14-16/h2-4,6-9,14H,5,10-13,15H2,1H3. The highest BCUT2D eigenvalue weighted by Gasteiger charge is 2.23. The topological polar surface area (TPSA) is 59.1 Å². The van der Waals surface area contributed by atoms with E-state index in [9.17, 15) is 9.59 Å². The fraction of sp³-hybridized carbons (Fsp3) is 0.333. The second kappa shape index (κ2) is 9.59. The van der Waals surface area contributed by atoms with Crippen molar-refractivity contribution >= 4 is 27.7 Å². The molecule has 2 aromatic carbocycles. The molecule has 2 aromatic rings. The number of amides is 2. The molecule has 7 heteroatoms. The Morgan fingerprint density at radius 1 is 0.964 bits per heavy atom. The normalized spacial score (nSPS) is 14.4. The fourth-order valence-electron chi connectivity index (χ4n) is 3.14. The van der Waals surface area contributed by atoms with Gasteiger partial charge in [0.15, 0.2) is 18.1 Å². The van der Waals surface area contributed by atoms with Crippen LogP contribution in [0.2, 0.25) is 0 Å². The van der Waals surface area contributed by atoms with E-state index in [2.05, 4.69) is 15.9 Å². The quantitative estimate of drug-likeness (QED) is 0.707. The van der Waals surface area contributed by atoms with Crippen molar-refractivity contribution in [2.24, 2.45) is 0 Å². The van der Waals surface area contributed by atoms with E-state index in [1.807, 2.05) is 36.4 Å². The van der Waals surface area contributed by atoms with Gasteiger partial charge in [-0.3, -0.25) is 9.59 Å². The van der Waals surface area contributed by atoms with Gasteiger partial charge < -0.3 is 19.3 Å². The molecule has 3 rings (SSSR count). The Morgan fingerprint density at radius 2 is 1.68 bits per heavy atom. The molecule has 1 saturated heterocycles. The van der Waals surface area contributed by atoms with Crippen molar-refractivity contribution < 1.29 is 19.1 Å². The highest BCUT2D eigenvalue weighted by Crippen LogP contribution is 2.25. The van der Waals surface area contributed by atoms with Gasteiger partial charge in [0.25, 0.3) is 11.8 Å². The molecule has 0 aromatic heterocycles. The van der Waals surface area contributed by atoms with E-state index in [1.54, 1.807) is 29.0 Å². The van der Waals surface area contributed by atoms with Gasteiger partial charge in [-0.25, -0.2) is 0 Å². The van der Waals surface area contributed by atoms with Crippen molar-refractivity contribution in [1.82, 2.24) is 9.80 Å². The zero-order valence-electron chi connectivity index (χ0n) is 15.8. The summed E-state index contributed by atoms with van der Waals surface area (Å²) in [5.74, 6) is 1.03. The number of nitrogens with zero attached hydrogens (tertiary/aromatic N) is 2. The second-order valence-electron chi connectivity index (χ2n) is 6.48. The van der Waals surface area contributed by atoms with Crippen LogP contribution in [0.3, 0.4) is 0 Å². The molecular formula is C21H23BrN2O4. The van der Waals surface area contributed by atoms with Gasteiger partial charge >= 0.3 is 0 Å². The molecule has 0 bridgehead atoms. The predicted molar refractivity (Wildman–Crippen MR) is 110 cm³/mol. The number of benzene rings is 2. The van der Waals surface area contributed by atoms with Crippen LogP contribution in [0.25, 0.3) is 0 Å². The lowest BCUT2D eigenvalue weighted by atomic mass is 10.2. The Balaban J connectivity index is 1.55.